The quantitative estimate of drug-likeness (QED) is 0.319. The molecule has 0 aromatic heterocycles. The molecule has 2 aliphatic heterocycles. The summed E-state index contributed by atoms with van der Waals surface area (Å²) in [5.74, 6) is -3.71. The largest absolute Gasteiger partial charge is 0.493 e. The Hall–Kier alpha value is -4.01. The van der Waals surface area contributed by atoms with Gasteiger partial charge >= 0.3 is 24.3 Å². The van der Waals surface area contributed by atoms with Crippen LogP contribution in [0.3, 0.4) is 0 Å². The number of amides is 1. The van der Waals surface area contributed by atoms with E-state index in [-0.39, 0.29) is 5.91 Å². The highest BCUT2D eigenvalue weighted by atomic mass is 19.4. The van der Waals surface area contributed by atoms with E-state index in [2.05, 4.69) is 77.1 Å². The predicted molar refractivity (Wildman–Crippen MR) is 167 cm³/mol. The van der Waals surface area contributed by atoms with Crippen LogP contribution < -0.4 is 9.64 Å². The minimum atomic E-state index is -5.08. The number of carbonyl (C=O) groups is 3. The molecule has 15 heteroatoms. The molecule has 9 nitrogen and oxygen atoms in total. The summed E-state index contributed by atoms with van der Waals surface area (Å²) in [6.07, 6.45) is -6.21. The zero-order chi connectivity index (χ0) is 36.3. The van der Waals surface area contributed by atoms with Crippen LogP contribution in [0, 0.1) is 11.3 Å². The number of alkyl halides is 6. The van der Waals surface area contributed by atoms with Gasteiger partial charge in [0.2, 0.25) is 5.91 Å². The molecule has 2 fully saturated rings. The first-order chi connectivity index (χ1) is 22.2. The second-order valence-corrected chi connectivity index (χ2v) is 12.5. The predicted octanol–water partition coefficient (Wildman–Crippen LogP) is 6.11. The van der Waals surface area contributed by atoms with Crippen molar-refractivity contribution in [2.75, 3.05) is 51.8 Å². The van der Waals surface area contributed by atoms with Gasteiger partial charge in [0.15, 0.2) is 0 Å². The molecule has 2 aliphatic rings. The molecule has 2 aromatic carbocycles. The number of hydrogen-bond acceptors (Lipinski definition) is 6. The van der Waals surface area contributed by atoms with Gasteiger partial charge in [0.1, 0.15) is 5.75 Å². The first-order valence-corrected chi connectivity index (χ1v) is 15.3. The maximum atomic E-state index is 12.9. The summed E-state index contributed by atoms with van der Waals surface area (Å²) in [6.45, 7) is 10.1. The maximum absolute atomic E-state index is 12.9. The van der Waals surface area contributed by atoms with Crippen molar-refractivity contribution in [1.29, 1.82) is 0 Å². The summed E-state index contributed by atoms with van der Waals surface area (Å²) in [5, 5.41) is 14.2. The number of carbonyl (C=O) groups excluding carboxylic acids is 1. The van der Waals surface area contributed by atoms with Crippen molar-refractivity contribution in [3.63, 3.8) is 0 Å². The van der Waals surface area contributed by atoms with E-state index in [1.165, 1.54) is 12.0 Å². The molecule has 2 saturated heterocycles. The number of hydrogen-bond donors (Lipinski definition) is 2. The number of anilines is 1. The van der Waals surface area contributed by atoms with Gasteiger partial charge in [0.25, 0.3) is 0 Å². The minimum Gasteiger partial charge on any atom is -0.493 e. The van der Waals surface area contributed by atoms with E-state index in [4.69, 9.17) is 24.5 Å². The topological polar surface area (TPSA) is 111 Å². The highest BCUT2D eigenvalue weighted by Gasteiger charge is 2.41. The summed E-state index contributed by atoms with van der Waals surface area (Å²) < 4.78 is 69.6. The first kappa shape index (κ1) is 40.2. The molecule has 0 aliphatic carbocycles. The van der Waals surface area contributed by atoms with Crippen LogP contribution >= 0.6 is 0 Å². The van der Waals surface area contributed by atoms with E-state index in [9.17, 15) is 31.1 Å². The van der Waals surface area contributed by atoms with Crippen molar-refractivity contribution in [1.82, 2.24) is 9.80 Å². The van der Waals surface area contributed by atoms with Gasteiger partial charge in [-0.05, 0) is 60.9 Å². The molecule has 0 saturated carbocycles. The number of aliphatic carboxylic acids is 2. The number of ether oxygens (including phenoxy) is 1. The molecule has 0 atom stereocenters. The molecule has 0 bridgehead atoms. The number of piperidine rings is 1. The highest BCUT2D eigenvalue weighted by Crippen LogP contribution is 2.41. The molecular weight excluding hydrogens is 648 g/mol. The van der Waals surface area contributed by atoms with E-state index in [0.717, 1.165) is 69.2 Å². The van der Waals surface area contributed by atoms with Gasteiger partial charge < -0.3 is 24.7 Å². The summed E-state index contributed by atoms with van der Waals surface area (Å²) in [7, 11) is 4.07. The van der Waals surface area contributed by atoms with Crippen molar-refractivity contribution in [3.05, 3.63) is 59.7 Å². The third-order valence-electron chi connectivity index (χ3n) is 7.93. The van der Waals surface area contributed by atoms with Crippen LogP contribution in [0.15, 0.2) is 48.5 Å². The number of carboxylic acids is 2. The third-order valence-corrected chi connectivity index (χ3v) is 7.93. The molecule has 2 N–H and O–H groups in total. The fourth-order valence-corrected chi connectivity index (χ4v) is 5.27. The molecule has 48 heavy (non-hydrogen) atoms. The van der Waals surface area contributed by atoms with Crippen molar-refractivity contribution >= 4 is 23.5 Å². The van der Waals surface area contributed by atoms with Gasteiger partial charge in [-0.3, -0.25) is 9.69 Å². The molecule has 1 spiro atoms. The number of carboxylic acid groups (broad SMARTS) is 2. The zero-order valence-corrected chi connectivity index (χ0v) is 27.4. The van der Waals surface area contributed by atoms with Crippen molar-refractivity contribution in [2.24, 2.45) is 11.3 Å². The van der Waals surface area contributed by atoms with Crippen LogP contribution in [0.2, 0.25) is 0 Å². The van der Waals surface area contributed by atoms with Gasteiger partial charge in [-0.25, -0.2) is 9.59 Å². The summed E-state index contributed by atoms with van der Waals surface area (Å²) in [5.41, 5.74) is 3.91. The standard InChI is InChI=1S/C29H41N3O2.2C2HF3O2/c1-23(2)21-34-27-8-6-5-7-25(27)20-31-16-13-29(22-31)14-17-32(18-15-29)28(33)19-24-9-11-26(12-10-24)30(3)4;2*3-2(4,5)1(6)7/h5-12,23H,13-22H2,1-4H3;2*(H,6,7). The molecule has 268 valence electrons. The monoisotopic (exact) mass is 691 g/mol. The Morgan fingerprint density at radius 3 is 1.83 bits per heavy atom. The number of benzene rings is 2. The first-order valence-electron chi connectivity index (χ1n) is 15.3. The molecule has 2 aromatic rings. The van der Waals surface area contributed by atoms with Gasteiger partial charge in [-0.1, -0.05) is 44.2 Å². The molecule has 0 unspecified atom stereocenters. The Balaban J connectivity index is 0.000000479. The van der Waals surface area contributed by atoms with Crippen LogP contribution in [-0.4, -0.2) is 97.1 Å². The number of likely N-dealkylation sites (tertiary alicyclic amines) is 2. The molecule has 0 radical (unpaired) electrons. The van der Waals surface area contributed by atoms with Crippen molar-refractivity contribution in [3.8, 4) is 5.75 Å². The number of nitrogens with zero attached hydrogens (tertiary/aromatic N) is 3. The second kappa shape index (κ2) is 17.4. The normalized spacial score (nSPS) is 16.0. The van der Waals surface area contributed by atoms with Crippen molar-refractivity contribution in [2.45, 2.75) is 58.4 Å². The van der Waals surface area contributed by atoms with Crippen LogP contribution in [0.4, 0.5) is 32.0 Å². The molecular formula is C33H43F6N3O6. The lowest BCUT2D eigenvalue weighted by Crippen LogP contribution is -2.44. The summed E-state index contributed by atoms with van der Waals surface area (Å²) in [6, 6.07) is 16.8. The van der Waals surface area contributed by atoms with E-state index in [0.29, 0.717) is 17.8 Å². The zero-order valence-electron chi connectivity index (χ0n) is 27.4. The summed E-state index contributed by atoms with van der Waals surface area (Å²) in [4.78, 5) is 37.5. The van der Waals surface area contributed by atoms with E-state index in [1.807, 2.05) is 14.1 Å². The lowest BCUT2D eigenvalue weighted by Gasteiger charge is -2.39. The average molecular weight is 692 g/mol. The molecule has 2 heterocycles. The Bertz CT molecular complexity index is 1320. The Kier molecular flexibility index (Phi) is 14.6. The van der Waals surface area contributed by atoms with Crippen LogP contribution in [0.5, 0.6) is 5.75 Å². The smallest absolute Gasteiger partial charge is 0.490 e. The fourth-order valence-electron chi connectivity index (χ4n) is 5.27. The molecule has 4 rings (SSSR count). The minimum absolute atomic E-state index is 0.263. The average Bonchev–Trinajstić information content (AvgIpc) is 3.38. The van der Waals surface area contributed by atoms with Gasteiger partial charge in [0, 0.05) is 51.5 Å². The van der Waals surface area contributed by atoms with Crippen LogP contribution in [0.1, 0.15) is 44.2 Å². The third kappa shape index (κ3) is 13.2. The van der Waals surface area contributed by atoms with Crippen LogP contribution in [-0.2, 0) is 27.3 Å². The lowest BCUT2D eigenvalue weighted by atomic mass is 9.77. The van der Waals surface area contributed by atoms with E-state index >= 15 is 0 Å². The summed E-state index contributed by atoms with van der Waals surface area (Å²) >= 11 is 0. The number of halogens is 6. The number of para-hydroxylation sites is 1. The maximum Gasteiger partial charge on any atom is 0.490 e. The number of rotatable bonds is 8. The van der Waals surface area contributed by atoms with Gasteiger partial charge in [-0.15, -0.1) is 0 Å². The van der Waals surface area contributed by atoms with E-state index in [1.54, 1.807) is 0 Å². The van der Waals surface area contributed by atoms with E-state index < -0.39 is 24.3 Å². The van der Waals surface area contributed by atoms with Gasteiger partial charge in [0.05, 0.1) is 13.0 Å². The Morgan fingerprint density at radius 2 is 1.35 bits per heavy atom. The SMILES string of the molecule is CC(C)COc1ccccc1CN1CCC2(CCN(C(=O)Cc3ccc(N(C)C)cc3)CC2)C1.O=C(O)C(F)(F)F.O=C(O)C(F)(F)F. The van der Waals surface area contributed by atoms with Gasteiger partial charge in [-0.2, -0.15) is 26.3 Å². The van der Waals surface area contributed by atoms with Crippen LogP contribution in [0.25, 0.3) is 0 Å². The fraction of sp³-hybridized carbons (Fsp3) is 0.545. The second-order valence-electron chi connectivity index (χ2n) is 12.5. The Labute approximate surface area is 276 Å². The highest BCUT2D eigenvalue weighted by molar-refractivity contribution is 5.79. The lowest BCUT2D eigenvalue weighted by molar-refractivity contribution is -0.193. The van der Waals surface area contributed by atoms with Crippen molar-refractivity contribution < 1.29 is 55.7 Å². The molecule has 1 amide bonds. The Morgan fingerprint density at radius 1 is 0.854 bits per heavy atom.